The molecule has 69 heavy (non-hydrogen) atoms. The predicted molar refractivity (Wildman–Crippen MR) is 291 cm³/mol. The van der Waals surface area contributed by atoms with Crippen molar-refractivity contribution in [1.29, 1.82) is 0 Å². The number of nitrogens with one attached hydrogen (secondary N) is 2. The van der Waals surface area contributed by atoms with Gasteiger partial charge in [-0.3, -0.25) is 24.0 Å². The van der Waals surface area contributed by atoms with Gasteiger partial charge in [0.15, 0.2) is 5.78 Å². The van der Waals surface area contributed by atoms with Crippen LogP contribution in [0.3, 0.4) is 0 Å². The van der Waals surface area contributed by atoms with Crippen LogP contribution in [-0.2, 0) is 33.4 Å². The fraction of sp³-hybridized carbons (Fsp3) is 0.914. The maximum absolute atomic E-state index is 13.4. The van der Waals surface area contributed by atoms with Gasteiger partial charge in [-0.2, -0.15) is 11.8 Å². The van der Waals surface area contributed by atoms with Crippen LogP contribution in [0.2, 0.25) is 0 Å². The molecule has 0 saturated heterocycles. The lowest BCUT2D eigenvalue weighted by atomic mass is 10.0. The molecule has 0 aliphatic rings. The number of aliphatic hydroxyl groups is 1. The number of aliphatic hydroxyl groups excluding tert-OH is 1. The summed E-state index contributed by atoms with van der Waals surface area (Å²) in [7, 11) is 0. The number of ketones is 1. The van der Waals surface area contributed by atoms with Crippen molar-refractivity contribution >= 4 is 41.3 Å². The van der Waals surface area contributed by atoms with Gasteiger partial charge in [0.2, 0.25) is 11.8 Å². The molecule has 0 fully saturated rings. The van der Waals surface area contributed by atoms with Crippen LogP contribution in [0, 0.1) is 0 Å². The number of carbonyl (C=O) groups excluding carboxylic acids is 5. The zero-order valence-corrected chi connectivity index (χ0v) is 46.3. The number of ether oxygens (including phenoxy) is 2. The van der Waals surface area contributed by atoms with Crippen LogP contribution in [0.15, 0.2) is 0 Å². The SMILES string of the molecule is CCCCCCCCCCCCCCCC(=O)NC(CSCC(COC(=O)CCCCCCCCCCCCCCC)OC(=O)CCCCCCCCCCCCCCC)C(=O)NC(CO)C(C)=O. The molecule has 0 spiro atoms. The smallest absolute Gasteiger partial charge is 0.306 e. The van der Waals surface area contributed by atoms with E-state index >= 15 is 0 Å². The number of unbranched alkanes of at least 4 members (excludes halogenated alkanes) is 36. The molecular weight excluding hydrogens is 885 g/mol. The van der Waals surface area contributed by atoms with Crippen LogP contribution in [0.5, 0.6) is 0 Å². The number of Topliss-reactive ketones (excluding diaryl/α,β-unsaturated/α-hetero) is 1. The fourth-order valence-electron chi connectivity index (χ4n) is 8.81. The van der Waals surface area contributed by atoms with E-state index in [0.29, 0.717) is 12.8 Å². The number of hydrogen-bond donors (Lipinski definition) is 3. The van der Waals surface area contributed by atoms with Gasteiger partial charge in [-0.05, 0) is 26.2 Å². The van der Waals surface area contributed by atoms with Crippen molar-refractivity contribution in [1.82, 2.24) is 10.6 Å². The molecule has 0 aromatic carbocycles. The molecule has 0 aromatic heterocycles. The highest BCUT2D eigenvalue weighted by atomic mass is 32.2. The lowest BCUT2D eigenvalue weighted by molar-refractivity contribution is -0.157. The Hall–Kier alpha value is -2.14. The number of thioether (sulfide) groups is 1. The van der Waals surface area contributed by atoms with E-state index in [4.69, 9.17) is 9.47 Å². The van der Waals surface area contributed by atoms with Gasteiger partial charge < -0.3 is 25.2 Å². The molecule has 0 rings (SSSR count). The van der Waals surface area contributed by atoms with Crippen LogP contribution >= 0.6 is 11.8 Å². The first kappa shape index (κ1) is 66.9. The average Bonchev–Trinajstić information content (AvgIpc) is 3.33. The number of hydrogen-bond acceptors (Lipinski definition) is 9. The van der Waals surface area contributed by atoms with E-state index in [9.17, 15) is 29.1 Å². The fourth-order valence-corrected chi connectivity index (χ4v) is 9.85. The molecular formula is C58H110N2O8S. The maximum Gasteiger partial charge on any atom is 0.306 e. The Bertz CT molecular complexity index is 1200. The second-order valence-corrected chi connectivity index (χ2v) is 21.4. The van der Waals surface area contributed by atoms with Gasteiger partial charge in [0, 0.05) is 30.8 Å². The van der Waals surface area contributed by atoms with E-state index in [1.54, 1.807) is 0 Å². The van der Waals surface area contributed by atoms with E-state index in [1.807, 2.05) is 0 Å². The van der Waals surface area contributed by atoms with Crippen molar-refractivity contribution in [2.45, 2.75) is 316 Å². The maximum atomic E-state index is 13.4. The normalized spacial score (nSPS) is 12.7. The van der Waals surface area contributed by atoms with E-state index in [1.165, 1.54) is 205 Å². The van der Waals surface area contributed by atoms with Crippen molar-refractivity contribution in [2.75, 3.05) is 24.7 Å². The monoisotopic (exact) mass is 995 g/mol. The number of amides is 2. The molecule has 0 aromatic rings. The third kappa shape index (κ3) is 46.7. The molecule has 0 heterocycles. The Morgan fingerprint density at radius 3 is 1.10 bits per heavy atom. The quantitative estimate of drug-likeness (QED) is 0.0400. The van der Waals surface area contributed by atoms with E-state index in [0.717, 1.165) is 64.2 Å². The van der Waals surface area contributed by atoms with Crippen molar-refractivity contribution in [3.8, 4) is 0 Å². The van der Waals surface area contributed by atoms with Crippen molar-refractivity contribution in [3.63, 3.8) is 0 Å². The molecule has 0 aliphatic carbocycles. The van der Waals surface area contributed by atoms with Gasteiger partial charge in [0.1, 0.15) is 24.8 Å². The molecule has 11 heteroatoms. The Kier molecular flexibility index (Phi) is 50.6. The summed E-state index contributed by atoms with van der Waals surface area (Å²) < 4.78 is 11.6. The molecule has 0 bridgehead atoms. The lowest BCUT2D eigenvalue weighted by Gasteiger charge is -2.22. The molecule has 0 aliphatic heterocycles. The molecule has 0 saturated carbocycles. The standard InChI is InChI=1S/C58H110N2O8S/c1-5-8-11-14-17-20-23-26-29-32-35-38-41-44-55(63)59-54(58(66)60-53(47-61)51(4)62)50-69-49-52(68-57(65)46-43-40-37-34-31-28-25-22-19-16-13-10-7-3)48-67-56(64)45-42-39-36-33-30-27-24-21-18-15-12-9-6-2/h52-54,61H,5-50H2,1-4H3,(H,59,63)(H,60,66). The highest BCUT2D eigenvalue weighted by molar-refractivity contribution is 7.99. The van der Waals surface area contributed by atoms with Crippen LogP contribution < -0.4 is 10.6 Å². The van der Waals surface area contributed by atoms with E-state index in [2.05, 4.69) is 31.4 Å². The van der Waals surface area contributed by atoms with Gasteiger partial charge in [0.25, 0.3) is 0 Å². The lowest BCUT2D eigenvalue weighted by Crippen LogP contribution is -2.53. The summed E-state index contributed by atoms with van der Waals surface area (Å²) in [5, 5.41) is 15.2. The topological polar surface area (TPSA) is 148 Å². The van der Waals surface area contributed by atoms with Crippen molar-refractivity contribution in [2.24, 2.45) is 0 Å². The Balaban J connectivity index is 5.08. The summed E-state index contributed by atoms with van der Waals surface area (Å²) in [5.41, 5.74) is 0. The summed E-state index contributed by atoms with van der Waals surface area (Å²) in [6.07, 6.45) is 47.6. The first-order chi connectivity index (χ1) is 33.7. The number of carbonyl (C=O) groups is 5. The summed E-state index contributed by atoms with van der Waals surface area (Å²) in [6.45, 7) is 7.43. The Morgan fingerprint density at radius 1 is 0.420 bits per heavy atom. The largest absolute Gasteiger partial charge is 0.462 e. The zero-order chi connectivity index (χ0) is 50.7. The van der Waals surface area contributed by atoms with Crippen molar-refractivity contribution < 1.29 is 38.6 Å². The minimum Gasteiger partial charge on any atom is -0.462 e. The van der Waals surface area contributed by atoms with E-state index < -0.39 is 30.7 Å². The first-order valence-electron chi connectivity index (χ1n) is 29.3. The Labute approximate surface area is 429 Å². The average molecular weight is 996 g/mol. The van der Waals surface area contributed by atoms with Crippen LogP contribution in [0.4, 0.5) is 0 Å². The molecule has 3 atom stereocenters. The summed E-state index contributed by atoms with van der Waals surface area (Å²) in [4.78, 5) is 64.6. The Morgan fingerprint density at radius 2 is 0.754 bits per heavy atom. The third-order valence-electron chi connectivity index (χ3n) is 13.4. The molecule has 3 unspecified atom stereocenters. The van der Waals surface area contributed by atoms with E-state index in [-0.39, 0.29) is 48.2 Å². The first-order valence-corrected chi connectivity index (χ1v) is 30.5. The van der Waals surface area contributed by atoms with Gasteiger partial charge in [-0.25, -0.2) is 0 Å². The number of rotatable bonds is 54. The van der Waals surface area contributed by atoms with Gasteiger partial charge in [-0.1, -0.05) is 252 Å². The molecule has 406 valence electrons. The molecule has 3 N–H and O–H groups in total. The zero-order valence-electron chi connectivity index (χ0n) is 45.5. The summed E-state index contributed by atoms with van der Waals surface area (Å²) in [5.74, 6) is -1.43. The highest BCUT2D eigenvalue weighted by Gasteiger charge is 2.26. The predicted octanol–water partition coefficient (Wildman–Crippen LogP) is 15.2. The van der Waals surface area contributed by atoms with Gasteiger partial charge >= 0.3 is 11.9 Å². The second-order valence-electron chi connectivity index (χ2n) is 20.3. The minimum absolute atomic E-state index is 0.0756. The van der Waals surface area contributed by atoms with Crippen LogP contribution in [-0.4, -0.2) is 77.5 Å². The van der Waals surface area contributed by atoms with Gasteiger partial charge in [-0.15, -0.1) is 0 Å². The molecule has 0 radical (unpaired) electrons. The van der Waals surface area contributed by atoms with Crippen LogP contribution in [0.1, 0.15) is 297 Å². The highest BCUT2D eigenvalue weighted by Crippen LogP contribution is 2.18. The molecule has 2 amide bonds. The van der Waals surface area contributed by atoms with Crippen molar-refractivity contribution in [3.05, 3.63) is 0 Å². The summed E-state index contributed by atoms with van der Waals surface area (Å²) in [6, 6.07) is -2.05. The second kappa shape index (κ2) is 52.2. The molecule has 10 nitrogen and oxygen atoms in total. The number of esters is 2. The summed E-state index contributed by atoms with van der Waals surface area (Å²) >= 11 is 1.32. The van der Waals surface area contributed by atoms with Crippen LogP contribution in [0.25, 0.3) is 0 Å². The van der Waals surface area contributed by atoms with Gasteiger partial charge in [0.05, 0.1) is 6.61 Å². The minimum atomic E-state index is -1.07. The third-order valence-corrected chi connectivity index (χ3v) is 14.6.